The summed E-state index contributed by atoms with van der Waals surface area (Å²) in [6.45, 7) is 0. The summed E-state index contributed by atoms with van der Waals surface area (Å²) in [5.41, 5.74) is 2.82. The molecule has 0 amide bonds. The summed E-state index contributed by atoms with van der Waals surface area (Å²) in [6, 6.07) is 4.29. The Morgan fingerprint density at radius 1 is 1.44 bits per heavy atom. The Hall–Kier alpha value is -0.520. The van der Waals surface area contributed by atoms with E-state index in [0.29, 0.717) is 12.8 Å². The largest absolute Gasteiger partial charge is 0.271 e. The zero-order valence-electron chi connectivity index (χ0n) is 10.4. The number of aryl methyl sites for hydroxylation is 1. The third kappa shape index (κ3) is 3.73. The van der Waals surface area contributed by atoms with E-state index in [1.165, 1.54) is 4.88 Å². The van der Waals surface area contributed by atoms with Crippen LogP contribution in [0.25, 0.3) is 0 Å². The van der Waals surface area contributed by atoms with Crippen LogP contribution in [0.2, 0.25) is 0 Å². The van der Waals surface area contributed by atoms with E-state index in [0.717, 1.165) is 12.8 Å². The van der Waals surface area contributed by atoms with Crippen molar-refractivity contribution in [3.63, 3.8) is 0 Å². The van der Waals surface area contributed by atoms with Gasteiger partial charge in [0.15, 0.2) is 0 Å². The Labute approximate surface area is 111 Å². The van der Waals surface area contributed by atoms with Crippen molar-refractivity contribution in [2.75, 3.05) is 0 Å². The van der Waals surface area contributed by atoms with Crippen LogP contribution in [-0.4, -0.2) is 12.0 Å². The SMILES string of the molecule is NNC(CCc1cccs1)C1CCC(F)(F)CC1. The van der Waals surface area contributed by atoms with E-state index in [1.807, 2.05) is 6.07 Å². The maximum absolute atomic E-state index is 13.1. The molecule has 0 spiro atoms. The third-order valence-electron chi connectivity index (χ3n) is 3.83. The van der Waals surface area contributed by atoms with Crippen molar-refractivity contribution < 1.29 is 8.78 Å². The van der Waals surface area contributed by atoms with E-state index < -0.39 is 5.92 Å². The number of hydrazine groups is 1. The zero-order valence-corrected chi connectivity index (χ0v) is 11.2. The van der Waals surface area contributed by atoms with Gasteiger partial charge >= 0.3 is 0 Å². The molecule has 18 heavy (non-hydrogen) atoms. The number of hydrogen-bond donors (Lipinski definition) is 2. The highest BCUT2D eigenvalue weighted by atomic mass is 32.1. The highest BCUT2D eigenvalue weighted by Crippen LogP contribution is 2.38. The van der Waals surface area contributed by atoms with Gasteiger partial charge in [0, 0.05) is 23.8 Å². The fourth-order valence-corrected chi connectivity index (χ4v) is 3.40. The normalized spacial score (nSPS) is 21.9. The summed E-state index contributed by atoms with van der Waals surface area (Å²) in [5.74, 6) is 3.41. The molecule has 1 heterocycles. The van der Waals surface area contributed by atoms with Gasteiger partial charge in [-0.05, 0) is 43.0 Å². The Balaban J connectivity index is 1.82. The lowest BCUT2D eigenvalue weighted by molar-refractivity contribution is -0.0498. The fraction of sp³-hybridized carbons (Fsp3) is 0.692. The van der Waals surface area contributed by atoms with Crippen molar-refractivity contribution in [1.82, 2.24) is 5.43 Å². The van der Waals surface area contributed by atoms with E-state index in [4.69, 9.17) is 5.84 Å². The van der Waals surface area contributed by atoms with Crippen LogP contribution in [0.5, 0.6) is 0 Å². The van der Waals surface area contributed by atoms with Crippen LogP contribution >= 0.6 is 11.3 Å². The summed E-state index contributed by atoms with van der Waals surface area (Å²) in [6.07, 6.45) is 3.06. The first-order chi connectivity index (χ1) is 8.61. The second-order valence-electron chi connectivity index (χ2n) is 5.08. The van der Waals surface area contributed by atoms with Gasteiger partial charge in [-0.1, -0.05) is 6.07 Å². The minimum absolute atomic E-state index is 0.00878. The van der Waals surface area contributed by atoms with Gasteiger partial charge in [-0.15, -0.1) is 11.3 Å². The number of nitrogens with two attached hydrogens (primary N) is 1. The Kier molecular flexibility index (Phi) is 4.70. The van der Waals surface area contributed by atoms with E-state index in [2.05, 4.69) is 16.9 Å². The Bertz CT molecular complexity index is 344. The molecule has 1 unspecified atom stereocenters. The Morgan fingerprint density at radius 2 is 2.17 bits per heavy atom. The van der Waals surface area contributed by atoms with Crippen molar-refractivity contribution >= 4 is 11.3 Å². The molecule has 1 aromatic heterocycles. The smallest absolute Gasteiger partial charge is 0.248 e. The number of rotatable bonds is 5. The average Bonchev–Trinajstić information content (AvgIpc) is 2.84. The van der Waals surface area contributed by atoms with Crippen LogP contribution in [-0.2, 0) is 6.42 Å². The van der Waals surface area contributed by atoms with Crippen LogP contribution in [0.4, 0.5) is 8.78 Å². The first-order valence-corrected chi connectivity index (χ1v) is 7.35. The molecule has 1 saturated carbocycles. The molecule has 2 nitrogen and oxygen atoms in total. The number of alkyl halides is 2. The molecule has 0 radical (unpaired) electrons. The molecule has 3 N–H and O–H groups in total. The van der Waals surface area contributed by atoms with E-state index in [-0.39, 0.29) is 24.8 Å². The lowest BCUT2D eigenvalue weighted by Crippen LogP contribution is -2.43. The molecule has 1 aromatic rings. The summed E-state index contributed by atoms with van der Waals surface area (Å²) >= 11 is 1.73. The topological polar surface area (TPSA) is 38.0 Å². The van der Waals surface area contributed by atoms with Gasteiger partial charge in [-0.3, -0.25) is 11.3 Å². The summed E-state index contributed by atoms with van der Waals surface area (Å²) in [4.78, 5) is 1.33. The van der Waals surface area contributed by atoms with Crippen molar-refractivity contribution in [3.05, 3.63) is 22.4 Å². The Morgan fingerprint density at radius 3 is 2.72 bits per heavy atom. The molecule has 1 aliphatic carbocycles. The number of thiophene rings is 1. The summed E-state index contributed by atoms with van der Waals surface area (Å²) < 4.78 is 26.2. The highest BCUT2D eigenvalue weighted by molar-refractivity contribution is 7.09. The lowest BCUT2D eigenvalue weighted by atomic mass is 9.81. The number of halogens is 2. The molecule has 0 aliphatic heterocycles. The molecular formula is C13H20F2N2S. The van der Waals surface area contributed by atoms with Crippen LogP contribution in [0.3, 0.4) is 0 Å². The van der Waals surface area contributed by atoms with E-state index in [1.54, 1.807) is 11.3 Å². The van der Waals surface area contributed by atoms with Crippen LogP contribution in [0.1, 0.15) is 37.0 Å². The first-order valence-electron chi connectivity index (χ1n) is 6.47. The second-order valence-corrected chi connectivity index (χ2v) is 6.12. The minimum atomic E-state index is -2.45. The van der Waals surface area contributed by atoms with Gasteiger partial charge < -0.3 is 0 Å². The zero-order chi connectivity index (χ0) is 13.0. The van der Waals surface area contributed by atoms with Gasteiger partial charge in [0.1, 0.15) is 0 Å². The maximum Gasteiger partial charge on any atom is 0.248 e. The van der Waals surface area contributed by atoms with Crippen molar-refractivity contribution in [3.8, 4) is 0 Å². The molecule has 0 aromatic carbocycles. The third-order valence-corrected chi connectivity index (χ3v) is 4.76. The van der Waals surface area contributed by atoms with Gasteiger partial charge in [0.2, 0.25) is 5.92 Å². The molecule has 1 atom stereocenters. The molecule has 102 valence electrons. The van der Waals surface area contributed by atoms with Crippen LogP contribution in [0.15, 0.2) is 17.5 Å². The fourth-order valence-electron chi connectivity index (χ4n) is 2.67. The van der Waals surface area contributed by atoms with E-state index in [9.17, 15) is 8.78 Å². The molecular weight excluding hydrogens is 254 g/mol. The van der Waals surface area contributed by atoms with Crippen molar-refractivity contribution in [1.29, 1.82) is 0 Å². The van der Waals surface area contributed by atoms with E-state index >= 15 is 0 Å². The predicted molar refractivity (Wildman–Crippen MR) is 70.7 cm³/mol. The lowest BCUT2D eigenvalue weighted by Gasteiger charge is -2.33. The summed E-state index contributed by atoms with van der Waals surface area (Å²) in [5, 5.41) is 2.06. The molecule has 2 rings (SSSR count). The standard InChI is InChI=1S/C13H20F2N2S/c14-13(15)7-5-10(6-8-13)12(17-16)4-3-11-2-1-9-18-11/h1-2,9-10,12,17H,3-8,16H2. The van der Waals surface area contributed by atoms with Gasteiger partial charge in [-0.2, -0.15) is 0 Å². The highest BCUT2D eigenvalue weighted by Gasteiger charge is 2.37. The van der Waals surface area contributed by atoms with Crippen LogP contribution < -0.4 is 11.3 Å². The van der Waals surface area contributed by atoms with Crippen molar-refractivity contribution in [2.24, 2.45) is 11.8 Å². The van der Waals surface area contributed by atoms with Gasteiger partial charge in [0.05, 0.1) is 0 Å². The monoisotopic (exact) mass is 274 g/mol. The van der Waals surface area contributed by atoms with Crippen molar-refractivity contribution in [2.45, 2.75) is 50.5 Å². The second kappa shape index (κ2) is 6.08. The van der Waals surface area contributed by atoms with Gasteiger partial charge in [0.25, 0.3) is 0 Å². The molecule has 1 fully saturated rings. The average molecular weight is 274 g/mol. The quantitative estimate of drug-likeness (QED) is 0.638. The first kappa shape index (κ1) is 13.9. The maximum atomic E-state index is 13.1. The molecule has 0 bridgehead atoms. The number of hydrogen-bond acceptors (Lipinski definition) is 3. The van der Waals surface area contributed by atoms with Crippen LogP contribution in [0, 0.1) is 5.92 Å². The number of nitrogens with one attached hydrogen (secondary N) is 1. The minimum Gasteiger partial charge on any atom is -0.271 e. The molecule has 5 heteroatoms. The summed E-state index contributed by atoms with van der Waals surface area (Å²) in [7, 11) is 0. The predicted octanol–water partition coefficient (Wildman–Crippen LogP) is 3.34. The van der Waals surface area contributed by atoms with Gasteiger partial charge in [-0.25, -0.2) is 8.78 Å². The molecule has 0 saturated heterocycles. The molecule has 1 aliphatic rings.